The van der Waals surface area contributed by atoms with Crippen LogP contribution in [0.2, 0.25) is 0 Å². The molecule has 0 radical (unpaired) electrons. The topological polar surface area (TPSA) is 114 Å². The molecule has 0 saturated carbocycles. The lowest BCUT2D eigenvalue weighted by atomic mass is 10.2. The van der Waals surface area contributed by atoms with Crippen molar-refractivity contribution in [2.24, 2.45) is 0 Å². The molecule has 4 N–H and O–H groups in total. The number of benzene rings is 1. The lowest BCUT2D eigenvalue weighted by Gasteiger charge is -2.27. The van der Waals surface area contributed by atoms with Gasteiger partial charge in [-0.1, -0.05) is 12.1 Å². The molecule has 0 amide bonds. The van der Waals surface area contributed by atoms with Gasteiger partial charge in [-0.2, -0.15) is 10.1 Å². The molecule has 2 saturated heterocycles. The van der Waals surface area contributed by atoms with Crippen LogP contribution in [0.4, 0.5) is 17.5 Å². The number of piperazine rings is 1. The average molecular weight is 508 g/mol. The van der Waals surface area contributed by atoms with Crippen molar-refractivity contribution < 1.29 is 0 Å². The molecule has 2 aromatic heterocycles. The molecule has 2 fully saturated rings. The predicted octanol–water partition coefficient (Wildman–Crippen LogP) is 1.51. The number of fused-ring (bicyclic) bond motifs is 1. The fourth-order valence-corrected chi connectivity index (χ4v) is 4.23. The van der Waals surface area contributed by atoms with E-state index in [4.69, 9.17) is 4.98 Å². The van der Waals surface area contributed by atoms with Crippen molar-refractivity contribution >= 4 is 53.2 Å². The summed E-state index contributed by atoms with van der Waals surface area (Å²) in [5.74, 6) is 1.12. The fraction of sp³-hybridized carbons (Fsp3) is 0.455. The number of H-pyrrole nitrogens is 1. The zero-order valence-electron chi connectivity index (χ0n) is 18.9. The number of nitrogens with zero attached hydrogens (tertiary/aromatic N) is 5. The second-order valence-electron chi connectivity index (χ2n) is 8.27. The number of hydrogen-bond acceptors (Lipinski definition) is 9. The molecule has 184 valence electrons. The highest BCUT2D eigenvalue weighted by Crippen LogP contribution is 2.24. The Bertz CT molecular complexity index is 1110. The van der Waals surface area contributed by atoms with Gasteiger partial charge in [-0.3, -0.25) is 9.69 Å². The van der Waals surface area contributed by atoms with Crippen molar-refractivity contribution in [3.8, 4) is 0 Å². The summed E-state index contributed by atoms with van der Waals surface area (Å²) in [5, 5.41) is 17.0. The molecule has 12 heteroatoms. The van der Waals surface area contributed by atoms with E-state index in [0.29, 0.717) is 22.7 Å². The Labute approximate surface area is 210 Å². The Morgan fingerprint density at radius 2 is 1.65 bits per heavy atom. The van der Waals surface area contributed by atoms with E-state index in [1.165, 1.54) is 5.56 Å². The zero-order valence-corrected chi connectivity index (χ0v) is 20.6. The zero-order chi connectivity index (χ0) is 21.8. The summed E-state index contributed by atoms with van der Waals surface area (Å²) in [5.41, 5.74) is 2.39. The van der Waals surface area contributed by atoms with Crippen LogP contribution in [0.25, 0.3) is 10.9 Å². The Morgan fingerprint density at radius 1 is 0.912 bits per heavy atom. The van der Waals surface area contributed by atoms with Crippen LogP contribution in [0.15, 0.2) is 35.3 Å². The molecule has 5 rings (SSSR count). The molecule has 0 atom stereocenters. The summed E-state index contributed by atoms with van der Waals surface area (Å²) >= 11 is 0. The number of aromatic nitrogens is 4. The van der Waals surface area contributed by atoms with Gasteiger partial charge in [-0.05, 0) is 30.7 Å². The molecule has 10 nitrogen and oxygen atoms in total. The second-order valence-corrected chi connectivity index (χ2v) is 8.27. The monoisotopic (exact) mass is 507 g/mol. The number of hydrogen-bond donors (Lipinski definition) is 4. The number of halogens is 2. The van der Waals surface area contributed by atoms with Crippen LogP contribution in [-0.4, -0.2) is 77.4 Å². The standard InChI is InChI=1S/C22H29N9O.2ClH/c32-21-19-18(14-25-29-21)27-22(31-10-1-6-23-9-13-31)28-20(19)26-17-4-2-16(3-5-17)15-30-11-7-24-8-12-30;;/h2-5,14,23-24H,1,6-13,15H2,(H,29,32)(H,26,27,28);2*1H. The lowest BCUT2D eigenvalue weighted by Crippen LogP contribution is -2.42. The summed E-state index contributed by atoms with van der Waals surface area (Å²) < 4.78 is 0. The van der Waals surface area contributed by atoms with Crippen molar-refractivity contribution in [1.29, 1.82) is 0 Å². The molecule has 0 bridgehead atoms. The molecule has 0 spiro atoms. The lowest BCUT2D eigenvalue weighted by molar-refractivity contribution is 0.233. The van der Waals surface area contributed by atoms with Crippen molar-refractivity contribution in [2.45, 2.75) is 13.0 Å². The molecule has 0 aliphatic carbocycles. The summed E-state index contributed by atoms with van der Waals surface area (Å²) in [4.78, 5) is 26.5. The summed E-state index contributed by atoms with van der Waals surface area (Å²) in [6.07, 6.45) is 2.60. The van der Waals surface area contributed by atoms with E-state index in [-0.39, 0.29) is 30.4 Å². The Balaban J connectivity index is 0.00000162. The van der Waals surface area contributed by atoms with Crippen LogP contribution < -0.4 is 26.4 Å². The first-order valence-corrected chi connectivity index (χ1v) is 11.3. The molecule has 34 heavy (non-hydrogen) atoms. The predicted molar refractivity (Wildman–Crippen MR) is 140 cm³/mol. The van der Waals surface area contributed by atoms with Gasteiger partial charge >= 0.3 is 0 Å². The van der Waals surface area contributed by atoms with Gasteiger partial charge in [0.25, 0.3) is 5.56 Å². The van der Waals surface area contributed by atoms with Gasteiger partial charge in [0.2, 0.25) is 5.95 Å². The van der Waals surface area contributed by atoms with E-state index in [2.05, 4.69) is 53.1 Å². The number of rotatable bonds is 5. The highest BCUT2D eigenvalue weighted by molar-refractivity contribution is 5.90. The van der Waals surface area contributed by atoms with Gasteiger partial charge in [0, 0.05) is 58.0 Å². The molecule has 1 aromatic carbocycles. The van der Waals surface area contributed by atoms with Gasteiger partial charge < -0.3 is 20.9 Å². The maximum atomic E-state index is 12.5. The van der Waals surface area contributed by atoms with Gasteiger partial charge in [-0.15, -0.1) is 24.8 Å². The van der Waals surface area contributed by atoms with Crippen LogP contribution in [0.1, 0.15) is 12.0 Å². The minimum absolute atomic E-state index is 0. The van der Waals surface area contributed by atoms with Crippen LogP contribution in [0.3, 0.4) is 0 Å². The van der Waals surface area contributed by atoms with Crippen LogP contribution in [-0.2, 0) is 6.54 Å². The second kappa shape index (κ2) is 12.3. The molecule has 0 unspecified atom stereocenters. The van der Waals surface area contributed by atoms with Gasteiger partial charge in [0.1, 0.15) is 16.7 Å². The number of aromatic amines is 1. The number of anilines is 3. The normalized spacial score (nSPS) is 16.9. The first-order chi connectivity index (χ1) is 15.8. The Kier molecular flexibility index (Phi) is 9.43. The van der Waals surface area contributed by atoms with Crippen LogP contribution in [0.5, 0.6) is 0 Å². The first-order valence-electron chi connectivity index (χ1n) is 11.3. The molecule has 3 aromatic rings. The smallest absolute Gasteiger partial charge is 0.277 e. The summed E-state index contributed by atoms with van der Waals surface area (Å²) in [7, 11) is 0. The molecule has 2 aliphatic rings. The maximum absolute atomic E-state index is 12.5. The highest BCUT2D eigenvalue weighted by Gasteiger charge is 2.18. The maximum Gasteiger partial charge on any atom is 0.277 e. The van der Waals surface area contributed by atoms with E-state index < -0.39 is 0 Å². The third-order valence-corrected chi connectivity index (χ3v) is 5.96. The van der Waals surface area contributed by atoms with Crippen molar-refractivity contribution in [2.75, 3.05) is 62.6 Å². The van der Waals surface area contributed by atoms with E-state index in [9.17, 15) is 4.79 Å². The highest BCUT2D eigenvalue weighted by atomic mass is 35.5. The van der Waals surface area contributed by atoms with E-state index in [1.807, 2.05) is 12.1 Å². The van der Waals surface area contributed by atoms with Gasteiger partial charge in [-0.25, -0.2) is 10.1 Å². The van der Waals surface area contributed by atoms with Crippen LogP contribution >= 0.6 is 24.8 Å². The Morgan fingerprint density at radius 3 is 2.44 bits per heavy atom. The fourth-order valence-electron chi connectivity index (χ4n) is 4.23. The molecule has 2 aliphatic heterocycles. The van der Waals surface area contributed by atoms with Crippen molar-refractivity contribution in [1.82, 2.24) is 35.7 Å². The minimum Gasteiger partial charge on any atom is -0.339 e. The minimum atomic E-state index is -0.301. The van der Waals surface area contributed by atoms with E-state index in [1.54, 1.807) is 6.20 Å². The van der Waals surface area contributed by atoms with Crippen molar-refractivity contribution in [3.63, 3.8) is 0 Å². The van der Waals surface area contributed by atoms with Crippen molar-refractivity contribution in [3.05, 3.63) is 46.4 Å². The average Bonchev–Trinajstić information content (AvgIpc) is 3.11. The summed E-state index contributed by atoms with van der Waals surface area (Å²) in [6.45, 7) is 8.72. The SMILES string of the molecule is Cl.Cl.O=c1[nH]ncc2nc(N3CCCNCC3)nc(Nc3ccc(CN4CCNCC4)cc3)c12. The molecular formula is C22H31Cl2N9O. The largest absolute Gasteiger partial charge is 0.339 e. The third kappa shape index (κ3) is 6.13. The first kappa shape index (κ1) is 26.1. The summed E-state index contributed by atoms with van der Waals surface area (Å²) in [6, 6.07) is 8.33. The van der Waals surface area contributed by atoms with Crippen LogP contribution in [0, 0.1) is 0 Å². The van der Waals surface area contributed by atoms with E-state index >= 15 is 0 Å². The molecular weight excluding hydrogens is 477 g/mol. The quantitative estimate of drug-likeness (QED) is 0.407. The molecule has 4 heterocycles. The third-order valence-electron chi connectivity index (χ3n) is 5.96. The number of nitrogens with one attached hydrogen (secondary N) is 4. The van der Waals surface area contributed by atoms with Gasteiger partial charge in [0.05, 0.1) is 6.20 Å². The van der Waals surface area contributed by atoms with Gasteiger partial charge in [0.15, 0.2) is 0 Å². The Hall–Kier alpha value is -2.50. The van der Waals surface area contributed by atoms with E-state index in [0.717, 1.165) is 71.0 Å².